The molecule has 0 radical (unpaired) electrons. The van der Waals surface area contributed by atoms with Crippen LogP contribution < -0.4 is 14.2 Å². The Kier molecular flexibility index (Phi) is 3.48. The van der Waals surface area contributed by atoms with Crippen LogP contribution in [0, 0.1) is 0 Å². The van der Waals surface area contributed by atoms with Gasteiger partial charge in [-0.2, -0.15) is 0 Å². The van der Waals surface area contributed by atoms with Crippen LogP contribution in [0.3, 0.4) is 0 Å². The van der Waals surface area contributed by atoms with Crippen molar-refractivity contribution in [3.05, 3.63) is 53.6 Å². The summed E-state index contributed by atoms with van der Waals surface area (Å²) in [7, 11) is 1.57. The molecular weight excluding hydrogens is 256 g/mol. The average molecular weight is 272 g/mol. The highest BCUT2D eigenvalue weighted by atomic mass is 16.7. The minimum Gasteiger partial charge on any atom is -0.493 e. The molecule has 0 saturated heterocycles. The Morgan fingerprint density at radius 3 is 2.75 bits per heavy atom. The molecule has 20 heavy (non-hydrogen) atoms. The van der Waals surface area contributed by atoms with E-state index in [0.29, 0.717) is 23.7 Å². The molecule has 1 aliphatic heterocycles. The van der Waals surface area contributed by atoms with Crippen LogP contribution in [0.5, 0.6) is 17.2 Å². The Bertz CT molecular complexity index is 595. The van der Waals surface area contributed by atoms with E-state index in [1.807, 2.05) is 30.3 Å². The third-order valence-electron chi connectivity index (χ3n) is 3.34. The fourth-order valence-electron chi connectivity index (χ4n) is 2.30. The summed E-state index contributed by atoms with van der Waals surface area (Å²) in [5.74, 6) is 1.80. The van der Waals surface area contributed by atoms with Gasteiger partial charge in [0, 0.05) is 6.42 Å². The molecule has 2 aromatic rings. The maximum Gasteiger partial charge on any atom is 0.231 e. The van der Waals surface area contributed by atoms with E-state index < -0.39 is 6.10 Å². The SMILES string of the molecule is COc1cc(C(O)Cc2ccccc2)cc2c1OCO2. The highest BCUT2D eigenvalue weighted by molar-refractivity contribution is 5.55. The molecule has 1 N–H and O–H groups in total. The second-order valence-corrected chi connectivity index (χ2v) is 4.66. The van der Waals surface area contributed by atoms with E-state index in [9.17, 15) is 5.11 Å². The van der Waals surface area contributed by atoms with Gasteiger partial charge in [0.25, 0.3) is 0 Å². The molecule has 1 aliphatic rings. The fourth-order valence-corrected chi connectivity index (χ4v) is 2.30. The third kappa shape index (κ3) is 2.42. The second-order valence-electron chi connectivity index (χ2n) is 4.66. The number of ether oxygens (including phenoxy) is 3. The Morgan fingerprint density at radius 1 is 1.20 bits per heavy atom. The van der Waals surface area contributed by atoms with Gasteiger partial charge < -0.3 is 19.3 Å². The van der Waals surface area contributed by atoms with E-state index in [2.05, 4.69) is 0 Å². The molecule has 4 heteroatoms. The van der Waals surface area contributed by atoms with Crippen molar-refractivity contribution < 1.29 is 19.3 Å². The van der Waals surface area contributed by atoms with Crippen LogP contribution in [-0.2, 0) is 6.42 Å². The zero-order valence-electron chi connectivity index (χ0n) is 11.2. The Balaban J connectivity index is 1.86. The van der Waals surface area contributed by atoms with Crippen LogP contribution in [0.1, 0.15) is 17.2 Å². The van der Waals surface area contributed by atoms with Crippen molar-refractivity contribution in [2.45, 2.75) is 12.5 Å². The third-order valence-corrected chi connectivity index (χ3v) is 3.34. The summed E-state index contributed by atoms with van der Waals surface area (Å²) in [6.45, 7) is 0.184. The van der Waals surface area contributed by atoms with Crippen molar-refractivity contribution in [3.63, 3.8) is 0 Å². The van der Waals surface area contributed by atoms with Crippen LogP contribution in [0.4, 0.5) is 0 Å². The van der Waals surface area contributed by atoms with E-state index in [4.69, 9.17) is 14.2 Å². The number of aliphatic hydroxyl groups is 1. The largest absolute Gasteiger partial charge is 0.493 e. The lowest BCUT2D eigenvalue weighted by Crippen LogP contribution is -2.02. The second kappa shape index (κ2) is 5.43. The molecule has 1 atom stereocenters. The number of fused-ring (bicyclic) bond motifs is 1. The Morgan fingerprint density at radius 2 is 2.00 bits per heavy atom. The molecular formula is C16H16O4. The van der Waals surface area contributed by atoms with Gasteiger partial charge in [-0.05, 0) is 23.3 Å². The maximum absolute atomic E-state index is 10.4. The van der Waals surface area contributed by atoms with Crippen molar-refractivity contribution in [1.82, 2.24) is 0 Å². The van der Waals surface area contributed by atoms with Gasteiger partial charge in [-0.15, -0.1) is 0 Å². The predicted octanol–water partition coefficient (Wildman–Crippen LogP) is 2.70. The van der Waals surface area contributed by atoms with Crippen molar-refractivity contribution in [2.24, 2.45) is 0 Å². The maximum atomic E-state index is 10.4. The molecule has 0 saturated carbocycles. The number of aliphatic hydroxyl groups excluding tert-OH is 1. The smallest absolute Gasteiger partial charge is 0.231 e. The summed E-state index contributed by atoms with van der Waals surface area (Å²) in [5.41, 5.74) is 1.84. The van der Waals surface area contributed by atoms with Gasteiger partial charge in [0.2, 0.25) is 12.5 Å². The van der Waals surface area contributed by atoms with Crippen LogP contribution in [0.2, 0.25) is 0 Å². The molecule has 3 rings (SSSR count). The van der Waals surface area contributed by atoms with E-state index >= 15 is 0 Å². The Hall–Kier alpha value is -2.20. The van der Waals surface area contributed by atoms with Crippen molar-refractivity contribution in [1.29, 1.82) is 0 Å². The van der Waals surface area contributed by atoms with Gasteiger partial charge in [-0.25, -0.2) is 0 Å². The molecule has 1 heterocycles. The highest BCUT2D eigenvalue weighted by Crippen LogP contribution is 2.43. The summed E-state index contributed by atoms with van der Waals surface area (Å²) in [6.07, 6.45) is -0.0651. The number of hydrogen-bond acceptors (Lipinski definition) is 4. The van der Waals surface area contributed by atoms with Gasteiger partial charge in [0.1, 0.15) is 0 Å². The molecule has 0 amide bonds. The normalized spacial score (nSPS) is 14.1. The first-order valence-electron chi connectivity index (χ1n) is 6.47. The van der Waals surface area contributed by atoms with Gasteiger partial charge in [0.15, 0.2) is 11.5 Å². The summed E-state index contributed by atoms with van der Waals surface area (Å²) in [6, 6.07) is 13.5. The summed E-state index contributed by atoms with van der Waals surface area (Å²) in [4.78, 5) is 0. The lowest BCUT2D eigenvalue weighted by atomic mass is 10.0. The van der Waals surface area contributed by atoms with Gasteiger partial charge in [0.05, 0.1) is 13.2 Å². The molecule has 0 fully saturated rings. The molecule has 0 aliphatic carbocycles. The first-order chi connectivity index (χ1) is 9.78. The molecule has 1 unspecified atom stereocenters. The monoisotopic (exact) mass is 272 g/mol. The zero-order valence-corrected chi connectivity index (χ0v) is 11.2. The van der Waals surface area contributed by atoms with E-state index in [-0.39, 0.29) is 6.79 Å². The molecule has 2 aromatic carbocycles. The van der Waals surface area contributed by atoms with E-state index in [1.165, 1.54) is 0 Å². The zero-order chi connectivity index (χ0) is 13.9. The van der Waals surface area contributed by atoms with Crippen LogP contribution in [0.15, 0.2) is 42.5 Å². The number of methoxy groups -OCH3 is 1. The number of hydrogen-bond donors (Lipinski definition) is 1. The lowest BCUT2D eigenvalue weighted by molar-refractivity contribution is 0.170. The highest BCUT2D eigenvalue weighted by Gasteiger charge is 2.22. The quantitative estimate of drug-likeness (QED) is 0.929. The van der Waals surface area contributed by atoms with Crippen molar-refractivity contribution in [3.8, 4) is 17.2 Å². The minimum absolute atomic E-state index is 0.184. The molecule has 0 aromatic heterocycles. The van der Waals surface area contributed by atoms with Crippen molar-refractivity contribution in [2.75, 3.05) is 13.9 Å². The standard InChI is InChI=1S/C16H16O4/c1-18-14-8-12(9-15-16(14)20-10-19-15)13(17)7-11-5-3-2-4-6-11/h2-6,8-9,13,17H,7,10H2,1H3. The minimum atomic E-state index is -0.610. The lowest BCUT2D eigenvalue weighted by Gasteiger charge is -2.14. The first kappa shape index (κ1) is 12.8. The van der Waals surface area contributed by atoms with Gasteiger partial charge in [-0.3, -0.25) is 0 Å². The van der Waals surface area contributed by atoms with E-state index in [0.717, 1.165) is 11.1 Å². The van der Waals surface area contributed by atoms with Crippen molar-refractivity contribution >= 4 is 0 Å². The summed E-state index contributed by atoms with van der Waals surface area (Å²) in [5, 5.41) is 10.4. The predicted molar refractivity (Wildman–Crippen MR) is 74.2 cm³/mol. The van der Waals surface area contributed by atoms with Crippen LogP contribution >= 0.6 is 0 Å². The van der Waals surface area contributed by atoms with Crippen LogP contribution in [-0.4, -0.2) is 19.0 Å². The summed E-state index contributed by atoms with van der Waals surface area (Å²) >= 11 is 0. The fraction of sp³-hybridized carbons (Fsp3) is 0.250. The average Bonchev–Trinajstić information content (AvgIpc) is 2.95. The molecule has 4 nitrogen and oxygen atoms in total. The Labute approximate surface area is 117 Å². The molecule has 0 spiro atoms. The molecule has 0 bridgehead atoms. The number of rotatable bonds is 4. The van der Waals surface area contributed by atoms with E-state index in [1.54, 1.807) is 19.2 Å². The molecule has 104 valence electrons. The first-order valence-corrected chi connectivity index (χ1v) is 6.47. The van der Waals surface area contributed by atoms with Gasteiger partial charge >= 0.3 is 0 Å². The number of benzene rings is 2. The van der Waals surface area contributed by atoms with Crippen LogP contribution in [0.25, 0.3) is 0 Å². The van der Waals surface area contributed by atoms with Gasteiger partial charge in [-0.1, -0.05) is 30.3 Å². The summed E-state index contributed by atoms with van der Waals surface area (Å²) < 4.78 is 16.0. The topological polar surface area (TPSA) is 47.9 Å².